The van der Waals surface area contributed by atoms with E-state index >= 15 is 4.39 Å². The number of carbonyl (C=O) groups excluding carboxylic acids is 1. The number of hydrogen-bond donors (Lipinski definition) is 2. The van der Waals surface area contributed by atoms with Gasteiger partial charge in [-0.05, 0) is 66.6 Å². The zero-order valence-corrected chi connectivity index (χ0v) is 23.1. The minimum Gasteiger partial charge on any atom is -0.378 e. The van der Waals surface area contributed by atoms with Crippen LogP contribution in [0.15, 0.2) is 67.3 Å². The van der Waals surface area contributed by atoms with Crippen LogP contribution in [0.3, 0.4) is 0 Å². The maximum Gasteiger partial charge on any atom is 0.251 e. The Morgan fingerprint density at radius 1 is 1.13 bits per heavy atom. The molecule has 202 valence electrons. The topological polar surface area (TPSA) is 73.9 Å². The Bertz CT molecular complexity index is 1490. The summed E-state index contributed by atoms with van der Waals surface area (Å²) in [5.74, 6) is -0.213. The third kappa shape index (κ3) is 5.72. The molecule has 7 heteroatoms. The summed E-state index contributed by atoms with van der Waals surface area (Å²) >= 11 is 0. The molecular formula is C32H36FN5O. The monoisotopic (exact) mass is 525 g/mol. The Morgan fingerprint density at radius 3 is 2.54 bits per heavy atom. The van der Waals surface area contributed by atoms with Crippen LogP contribution in [-0.2, 0) is 12.0 Å². The van der Waals surface area contributed by atoms with Crippen molar-refractivity contribution in [2.24, 2.45) is 0 Å². The van der Waals surface area contributed by atoms with Gasteiger partial charge in [-0.3, -0.25) is 4.79 Å². The lowest BCUT2D eigenvalue weighted by molar-refractivity contribution is 0.0950. The number of carbonyl (C=O) groups is 1. The number of hydrogen-bond acceptors (Lipinski definition) is 4. The maximum atomic E-state index is 15.3. The Labute approximate surface area is 229 Å². The SMILES string of the molecule is CC=CN1CCC(c2c[nH]c3ncnc(-c4ccc(CNC(=O)c5ccc(C(C)(C)C)cc5)c(F)c4)c23)CC1. The van der Waals surface area contributed by atoms with Gasteiger partial charge in [-0.25, -0.2) is 14.4 Å². The van der Waals surface area contributed by atoms with Crippen LogP contribution in [0, 0.1) is 5.82 Å². The second-order valence-electron chi connectivity index (χ2n) is 11.3. The van der Waals surface area contributed by atoms with Gasteiger partial charge in [0.05, 0.1) is 5.69 Å². The summed E-state index contributed by atoms with van der Waals surface area (Å²) in [5.41, 5.74) is 5.52. The third-order valence-corrected chi connectivity index (χ3v) is 7.61. The molecule has 1 fully saturated rings. The molecule has 2 aromatic carbocycles. The molecule has 39 heavy (non-hydrogen) atoms. The van der Waals surface area contributed by atoms with Gasteiger partial charge in [0.25, 0.3) is 5.91 Å². The first-order valence-electron chi connectivity index (χ1n) is 13.6. The van der Waals surface area contributed by atoms with Gasteiger partial charge in [-0.15, -0.1) is 0 Å². The zero-order chi connectivity index (χ0) is 27.6. The van der Waals surface area contributed by atoms with Crippen molar-refractivity contribution in [1.29, 1.82) is 0 Å². The fourth-order valence-corrected chi connectivity index (χ4v) is 5.34. The third-order valence-electron chi connectivity index (χ3n) is 7.61. The Kier molecular flexibility index (Phi) is 7.51. The van der Waals surface area contributed by atoms with E-state index in [0.29, 0.717) is 22.6 Å². The molecule has 0 bridgehead atoms. The first-order valence-corrected chi connectivity index (χ1v) is 13.6. The van der Waals surface area contributed by atoms with E-state index in [1.165, 1.54) is 18.0 Å². The van der Waals surface area contributed by atoms with Crippen molar-refractivity contribution in [3.05, 3.63) is 95.3 Å². The minimum atomic E-state index is -0.376. The Balaban J connectivity index is 1.33. The van der Waals surface area contributed by atoms with Crippen LogP contribution in [0.1, 0.15) is 73.5 Å². The van der Waals surface area contributed by atoms with Gasteiger partial charge in [-0.2, -0.15) is 0 Å². The molecule has 3 heterocycles. The van der Waals surface area contributed by atoms with Gasteiger partial charge in [-0.1, -0.05) is 51.1 Å². The second kappa shape index (κ2) is 11.0. The number of fused-ring (bicyclic) bond motifs is 1. The molecule has 1 amide bonds. The van der Waals surface area contributed by atoms with Gasteiger partial charge < -0.3 is 15.2 Å². The van der Waals surface area contributed by atoms with Crippen molar-refractivity contribution in [3.63, 3.8) is 0 Å². The van der Waals surface area contributed by atoms with Crippen molar-refractivity contribution in [2.75, 3.05) is 13.1 Å². The molecule has 0 atom stereocenters. The smallest absolute Gasteiger partial charge is 0.251 e. The van der Waals surface area contributed by atoms with Crippen LogP contribution in [0.2, 0.25) is 0 Å². The molecule has 1 aliphatic rings. The first kappa shape index (κ1) is 26.6. The molecule has 0 unspecified atom stereocenters. The Hall–Kier alpha value is -4.00. The lowest BCUT2D eigenvalue weighted by atomic mass is 9.87. The van der Waals surface area contributed by atoms with Crippen LogP contribution in [0.25, 0.3) is 22.3 Å². The maximum absolute atomic E-state index is 15.3. The van der Waals surface area contributed by atoms with Gasteiger partial charge in [0.1, 0.15) is 17.8 Å². The van der Waals surface area contributed by atoms with Gasteiger partial charge in [0, 0.05) is 47.9 Å². The van der Waals surface area contributed by atoms with Crippen molar-refractivity contribution in [3.8, 4) is 11.3 Å². The molecule has 0 aliphatic carbocycles. The average Bonchev–Trinajstić information content (AvgIpc) is 3.37. The van der Waals surface area contributed by atoms with E-state index in [-0.39, 0.29) is 23.7 Å². The lowest BCUT2D eigenvalue weighted by Gasteiger charge is -2.31. The summed E-state index contributed by atoms with van der Waals surface area (Å²) in [6.45, 7) is 10.5. The predicted octanol–water partition coefficient (Wildman–Crippen LogP) is 6.70. The number of H-pyrrole nitrogens is 1. The zero-order valence-electron chi connectivity index (χ0n) is 23.1. The molecular weight excluding hydrogens is 489 g/mol. The molecule has 5 rings (SSSR count). The van der Waals surface area contributed by atoms with Crippen molar-refractivity contribution in [1.82, 2.24) is 25.2 Å². The average molecular weight is 526 g/mol. The molecule has 2 N–H and O–H groups in total. The van der Waals surface area contributed by atoms with E-state index in [1.807, 2.05) is 43.5 Å². The second-order valence-corrected chi connectivity index (χ2v) is 11.3. The lowest BCUT2D eigenvalue weighted by Crippen LogP contribution is -2.28. The van der Waals surface area contributed by atoms with E-state index in [0.717, 1.165) is 48.2 Å². The first-order chi connectivity index (χ1) is 18.7. The number of benzene rings is 2. The molecule has 0 saturated carbocycles. The summed E-state index contributed by atoms with van der Waals surface area (Å²) in [4.78, 5) is 27.3. The highest BCUT2D eigenvalue weighted by molar-refractivity contribution is 5.95. The number of nitrogens with one attached hydrogen (secondary N) is 2. The molecule has 1 aliphatic heterocycles. The standard InChI is InChI=1S/C32H36FN5O/c1-5-14-38-15-12-21(13-16-38)26-19-34-30-28(26)29(36-20-37-30)23-6-7-24(27(33)17-23)18-35-31(39)22-8-10-25(11-9-22)32(2,3)4/h5-11,14,17,19-21H,12-13,15-16,18H2,1-4H3,(H,35,39)(H,34,36,37). The number of nitrogens with zero attached hydrogens (tertiary/aromatic N) is 3. The van der Waals surface area contributed by atoms with Gasteiger partial charge in [0.15, 0.2) is 0 Å². The molecule has 4 aromatic rings. The number of aromatic amines is 1. The summed E-state index contributed by atoms with van der Waals surface area (Å²) in [6.07, 6.45) is 9.85. The fourth-order valence-electron chi connectivity index (χ4n) is 5.34. The van der Waals surface area contributed by atoms with Crippen LogP contribution < -0.4 is 5.32 Å². The number of halogens is 1. The largest absolute Gasteiger partial charge is 0.378 e. The van der Waals surface area contributed by atoms with Crippen LogP contribution in [0.5, 0.6) is 0 Å². The van der Waals surface area contributed by atoms with E-state index in [1.54, 1.807) is 6.07 Å². The number of likely N-dealkylation sites (tertiary alicyclic amines) is 1. The molecule has 6 nitrogen and oxygen atoms in total. The van der Waals surface area contributed by atoms with Gasteiger partial charge >= 0.3 is 0 Å². The molecule has 1 saturated heterocycles. The fraction of sp³-hybridized carbons (Fsp3) is 0.344. The number of allylic oxidation sites excluding steroid dienone is 1. The highest BCUT2D eigenvalue weighted by atomic mass is 19.1. The number of rotatable bonds is 6. The summed E-state index contributed by atoms with van der Waals surface area (Å²) < 4.78 is 15.3. The van der Waals surface area contributed by atoms with Gasteiger partial charge in [0.2, 0.25) is 0 Å². The minimum absolute atomic E-state index is 0.0140. The summed E-state index contributed by atoms with van der Waals surface area (Å²) in [7, 11) is 0. The van der Waals surface area contributed by atoms with Crippen LogP contribution >= 0.6 is 0 Å². The highest BCUT2D eigenvalue weighted by Crippen LogP contribution is 2.37. The summed E-state index contributed by atoms with van der Waals surface area (Å²) in [6, 6.07) is 12.7. The van der Waals surface area contributed by atoms with Crippen LogP contribution in [0.4, 0.5) is 4.39 Å². The van der Waals surface area contributed by atoms with E-state index < -0.39 is 0 Å². The number of piperidine rings is 1. The predicted molar refractivity (Wildman–Crippen MR) is 154 cm³/mol. The molecule has 0 radical (unpaired) electrons. The summed E-state index contributed by atoms with van der Waals surface area (Å²) in [5, 5.41) is 3.80. The normalized spacial score (nSPS) is 14.8. The van der Waals surface area contributed by atoms with E-state index in [2.05, 4.69) is 58.2 Å². The molecule has 0 spiro atoms. The number of amides is 1. The Morgan fingerprint density at radius 2 is 1.87 bits per heavy atom. The van der Waals surface area contributed by atoms with Crippen molar-refractivity contribution < 1.29 is 9.18 Å². The highest BCUT2D eigenvalue weighted by Gasteiger charge is 2.24. The van der Waals surface area contributed by atoms with Crippen molar-refractivity contribution in [2.45, 2.75) is 58.4 Å². The van der Waals surface area contributed by atoms with Crippen molar-refractivity contribution >= 4 is 16.9 Å². The van der Waals surface area contributed by atoms with Crippen LogP contribution in [-0.4, -0.2) is 38.8 Å². The van der Waals surface area contributed by atoms with E-state index in [4.69, 9.17) is 0 Å². The molecule has 2 aromatic heterocycles. The number of aromatic nitrogens is 3. The quantitative estimate of drug-likeness (QED) is 0.294. The van der Waals surface area contributed by atoms with E-state index in [9.17, 15) is 4.79 Å².